The van der Waals surface area contributed by atoms with E-state index in [0.717, 1.165) is 45.2 Å². The lowest BCUT2D eigenvalue weighted by Gasteiger charge is -2.40. The number of para-hydroxylation sites is 1. The molecule has 2 aromatic heterocycles. The summed E-state index contributed by atoms with van der Waals surface area (Å²) < 4.78 is 35.6. The van der Waals surface area contributed by atoms with Gasteiger partial charge in [-0.25, -0.2) is 14.2 Å². The topological polar surface area (TPSA) is 82.8 Å². The number of hydrogen-bond acceptors (Lipinski definition) is 6. The molecule has 4 heterocycles. The normalized spacial score (nSPS) is 21.5. The molecule has 10 heteroatoms. The van der Waals surface area contributed by atoms with E-state index in [-0.39, 0.29) is 17.2 Å². The maximum Gasteiger partial charge on any atom is 0.335 e. The Morgan fingerprint density at radius 2 is 2.00 bits per heavy atom. The van der Waals surface area contributed by atoms with E-state index in [4.69, 9.17) is 30.8 Å². The first-order chi connectivity index (χ1) is 20.3. The number of thiophene rings is 1. The van der Waals surface area contributed by atoms with Gasteiger partial charge in [0.2, 0.25) is 5.79 Å². The van der Waals surface area contributed by atoms with Gasteiger partial charge in [-0.3, -0.25) is 0 Å². The van der Waals surface area contributed by atoms with Gasteiger partial charge in [-0.15, -0.1) is 11.3 Å². The van der Waals surface area contributed by atoms with Gasteiger partial charge < -0.3 is 23.9 Å². The van der Waals surface area contributed by atoms with Crippen molar-refractivity contribution in [1.82, 2.24) is 9.55 Å². The van der Waals surface area contributed by atoms with Gasteiger partial charge in [0.1, 0.15) is 23.5 Å². The van der Waals surface area contributed by atoms with Crippen LogP contribution in [0, 0.1) is 5.82 Å². The number of nitrogens with zero attached hydrogens (tertiary/aromatic N) is 2. The quantitative estimate of drug-likeness (QED) is 0.209. The number of imidazole rings is 1. The Hall–Kier alpha value is -3.76. The lowest BCUT2D eigenvalue weighted by Crippen LogP contribution is -2.39. The highest BCUT2D eigenvalue weighted by atomic mass is 35.5. The molecule has 2 aliphatic rings. The second kappa shape index (κ2) is 10.5. The first-order valence-corrected chi connectivity index (χ1v) is 14.8. The summed E-state index contributed by atoms with van der Waals surface area (Å²) >= 11 is 7.61. The van der Waals surface area contributed by atoms with Crippen molar-refractivity contribution in [2.75, 3.05) is 6.61 Å². The van der Waals surface area contributed by atoms with Gasteiger partial charge >= 0.3 is 5.97 Å². The number of carboxylic acid groups (broad SMARTS) is 1. The fourth-order valence-electron chi connectivity index (χ4n) is 5.56. The van der Waals surface area contributed by atoms with Gasteiger partial charge in [-0.05, 0) is 61.0 Å². The minimum absolute atomic E-state index is 0.0756. The summed E-state index contributed by atoms with van der Waals surface area (Å²) in [7, 11) is 0. The number of halogens is 2. The Balaban J connectivity index is 1.23. The molecule has 2 unspecified atom stereocenters. The molecule has 0 saturated carbocycles. The monoisotopic (exact) mass is 604 g/mol. The average Bonchev–Trinajstić information content (AvgIpc) is 3.54. The van der Waals surface area contributed by atoms with Crippen molar-refractivity contribution in [3.63, 3.8) is 0 Å². The van der Waals surface area contributed by atoms with Crippen LogP contribution in [-0.2, 0) is 28.2 Å². The molecule has 1 saturated heterocycles. The fourth-order valence-corrected chi connectivity index (χ4v) is 6.78. The van der Waals surface area contributed by atoms with Crippen molar-refractivity contribution >= 4 is 39.9 Å². The number of rotatable bonds is 7. The van der Waals surface area contributed by atoms with Crippen molar-refractivity contribution in [2.45, 2.75) is 44.3 Å². The summed E-state index contributed by atoms with van der Waals surface area (Å²) in [4.78, 5) is 18.5. The zero-order valence-electron chi connectivity index (χ0n) is 22.6. The fraction of sp³-hybridized carbons (Fsp3) is 0.250. The van der Waals surface area contributed by atoms with Crippen LogP contribution in [-0.4, -0.2) is 33.3 Å². The van der Waals surface area contributed by atoms with Crippen LogP contribution in [0.4, 0.5) is 4.39 Å². The van der Waals surface area contributed by atoms with Gasteiger partial charge in [0.05, 0.1) is 34.8 Å². The summed E-state index contributed by atoms with van der Waals surface area (Å²) in [5, 5.41) is 9.85. The molecule has 7 rings (SSSR count). The molecule has 5 aromatic rings. The van der Waals surface area contributed by atoms with Crippen LogP contribution in [0.5, 0.6) is 5.75 Å². The van der Waals surface area contributed by atoms with Gasteiger partial charge in [-0.1, -0.05) is 29.8 Å². The third kappa shape index (κ3) is 4.86. The molecular weight excluding hydrogens is 579 g/mol. The maximum atomic E-state index is 15.1. The number of fused-ring (bicyclic) bond motifs is 2. The van der Waals surface area contributed by atoms with E-state index in [2.05, 4.69) is 4.57 Å². The van der Waals surface area contributed by atoms with Crippen LogP contribution in [0.15, 0.2) is 72.8 Å². The molecule has 0 amide bonds. The number of aromatic nitrogens is 2. The van der Waals surface area contributed by atoms with Gasteiger partial charge in [0, 0.05) is 40.3 Å². The average molecular weight is 605 g/mol. The summed E-state index contributed by atoms with van der Waals surface area (Å²) in [6.45, 7) is 3.05. The van der Waals surface area contributed by atoms with E-state index < -0.39 is 23.7 Å². The van der Waals surface area contributed by atoms with Crippen LogP contribution in [0.3, 0.4) is 0 Å². The molecule has 214 valence electrons. The standard InChI is InChI=1S/C32H26ClFN2O5S/c1-32(23-9-7-19(33)15-24(23)34)40-27-5-3-2-4-22(27)30(41-32)28-11-8-21(42-28)16-29-35-25-10-6-18(31(37)38)14-26(25)36(29)17-20-12-13-39-20/h2-11,14-15,20,30H,12-13,16-17H2,1H3,(H,37,38)/t20-,30?,32?/m0/s1. The van der Waals surface area contributed by atoms with E-state index in [1.807, 2.05) is 36.4 Å². The third-order valence-corrected chi connectivity index (χ3v) is 9.16. The first-order valence-electron chi connectivity index (χ1n) is 13.6. The first kappa shape index (κ1) is 27.1. The molecule has 42 heavy (non-hydrogen) atoms. The summed E-state index contributed by atoms with van der Waals surface area (Å²) in [5.74, 6) is -1.40. The van der Waals surface area contributed by atoms with Crippen molar-refractivity contribution in [3.8, 4) is 5.75 Å². The predicted octanol–water partition coefficient (Wildman–Crippen LogP) is 7.34. The molecular formula is C32H26ClFN2O5S. The van der Waals surface area contributed by atoms with Crippen molar-refractivity contribution in [1.29, 1.82) is 0 Å². The highest BCUT2D eigenvalue weighted by Gasteiger charge is 2.42. The van der Waals surface area contributed by atoms with Crippen molar-refractivity contribution in [2.24, 2.45) is 0 Å². The lowest BCUT2D eigenvalue weighted by atomic mass is 10.0. The Kier molecular flexibility index (Phi) is 6.78. The van der Waals surface area contributed by atoms with Crippen LogP contribution in [0.1, 0.15) is 56.5 Å². The number of ether oxygens (including phenoxy) is 3. The van der Waals surface area contributed by atoms with E-state index in [1.165, 1.54) is 6.07 Å². The number of hydrogen-bond donors (Lipinski definition) is 1. The van der Waals surface area contributed by atoms with Gasteiger partial charge in [0.25, 0.3) is 0 Å². The van der Waals surface area contributed by atoms with Crippen molar-refractivity contribution < 1.29 is 28.5 Å². The zero-order valence-corrected chi connectivity index (χ0v) is 24.1. The number of carbonyl (C=O) groups is 1. The smallest absolute Gasteiger partial charge is 0.335 e. The van der Waals surface area contributed by atoms with E-state index in [0.29, 0.717) is 23.7 Å². The number of benzene rings is 3. The largest absolute Gasteiger partial charge is 0.478 e. The molecule has 3 aromatic carbocycles. The molecule has 0 radical (unpaired) electrons. The van der Waals surface area contributed by atoms with Gasteiger partial charge in [-0.2, -0.15) is 0 Å². The summed E-state index contributed by atoms with van der Waals surface area (Å²) in [6.07, 6.45) is 1.08. The van der Waals surface area contributed by atoms with Crippen LogP contribution in [0.25, 0.3) is 11.0 Å². The highest BCUT2D eigenvalue weighted by Crippen LogP contribution is 2.48. The molecule has 1 fully saturated rings. The minimum Gasteiger partial charge on any atom is -0.478 e. The zero-order chi connectivity index (χ0) is 29.0. The Morgan fingerprint density at radius 3 is 2.76 bits per heavy atom. The second-order valence-electron chi connectivity index (χ2n) is 10.6. The molecule has 7 nitrogen and oxygen atoms in total. The molecule has 3 atom stereocenters. The van der Waals surface area contributed by atoms with Crippen LogP contribution >= 0.6 is 22.9 Å². The second-order valence-corrected chi connectivity index (χ2v) is 12.3. The molecule has 1 N–H and O–H groups in total. The van der Waals surface area contributed by atoms with Crippen molar-refractivity contribution in [3.05, 3.63) is 116 Å². The molecule has 2 aliphatic heterocycles. The summed E-state index contributed by atoms with van der Waals surface area (Å²) in [5.41, 5.74) is 2.86. The Morgan fingerprint density at radius 1 is 1.17 bits per heavy atom. The van der Waals surface area contributed by atoms with E-state index in [9.17, 15) is 9.90 Å². The Labute approximate surface area is 250 Å². The van der Waals surface area contributed by atoms with Crippen LogP contribution < -0.4 is 4.74 Å². The highest BCUT2D eigenvalue weighted by molar-refractivity contribution is 7.12. The van der Waals surface area contributed by atoms with E-state index in [1.54, 1.807) is 48.6 Å². The molecule has 0 spiro atoms. The minimum atomic E-state index is -1.38. The summed E-state index contributed by atoms with van der Waals surface area (Å²) in [6, 6.07) is 21.2. The third-order valence-electron chi connectivity index (χ3n) is 7.80. The van der Waals surface area contributed by atoms with Gasteiger partial charge in [0.15, 0.2) is 0 Å². The van der Waals surface area contributed by atoms with Crippen LogP contribution in [0.2, 0.25) is 5.02 Å². The lowest BCUT2D eigenvalue weighted by molar-refractivity contribution is -0.218. The maximum absolute atomic E-state index is 15.1. The SMILES string of the molecule is CC1(c2ccc(Cl)cc2F)Oc2ccccc2C(c2ccc(Cc3nc4ccc(C(=O)O)cc4n3C[C@@H]3CCO3)s2)O1. The number of aromatic carboxylic acids is 1. The predicted molar refractivity (Wildman–Crippen MR) is 157 cm³/mol. The number of carboxylic acids is 1. The Bertz CT molecular complexity index is 1830. The molecule has 0 aliphatic carbocycles. The molecule has 0 bridgehead atoms. The van der Waals surface area contributed by atoms with E-state index >= 15 is 4.39 Å².